The van der Waals surface area contributed by atoms with Gasteiger partial charge in [-0.15, -0.1) is 0 Å². The number of hydrogen-bond donors (Lipinski definition) is 2. The first kappa shape index (κ1) is 12.3. The van der Waals surface area contributed by atoms with Crippen LogP contribution >= 0.6 is 11.8 Å². The minimum Gasteiger partial charge on any atom is -0.394 e. The molecule has 1 rings (SSSR count). The summed E-state index contributed by atoms with van der Waals surface area (Å²) in [5.74, 6) is 1.63. The molecule has 3 heteroatoms. The molecule has 0 aromatic heterocycles. The first-order chi connectivity index (χ1) is 6.76. The van der Waals surface area contributed by atoms with Crippen LogP contribution in [0.5, 0.6) is 0 Å². The smallest absolute Gasteiger partial charge is 0.0861 e. The number of hydrogen-bond acceptors (Lipinski definition) is 3. The summed E-state index contributed by atoms with van der Waals surface area (Å²) in [5, 5.41) is 18.6. The topological polar surface area (TPSA) is 40.5 Å². The lowest BCUT2D eigenvalue weighted by Gasteiger charge is -2.27. The van der Waals surface area contributed by atoms with Crippen molar-refractivity contribution in [2.24, 2.45) is 5.92 Å². The monoisotopic (exact) mass is 218 g/mol. The molecular formula is C11H22O2S. The van der Waals surface area contributed by atoms with Crippen LogP contribution in [0.4, 0.5) is 0 Å². The molecule has 0 bridgehead atoms. The molecule has 0 aliphatic heterocycles. The lowest BCUT2D eigenvalue weighted by molar-refractivity contribution is 0.113. The molecule has 2 nitrogen and oxygen atoms in total. The van der Waals surface area contributed by atoms with Crippen LogP contribution in [0.25, 0.3) is 0 Å². The third-order valence-corrected chi connectivity index (χ3v) is 4.63. The molecule has 1 fully saturated rings. The fourth-order valence-corrected chi connectivity index (χ4v) is 3.21. The molecule has 14 heavy (non-hydrogen) atoms. The van der Waals surface area contributed by atoms with Crippen LogP contribution in [0.1, 0.15) is 39.0 Å². The quantitative estimate of drug-likeness (QED) is 0.742. The van der Waals surface area contributed by atoms with Crippen molar-refractivity contribution in [2.75, 3.05) is 12.4 Å². The van der Waals surface area contributed by atoms with Gasteiger partial charge in [-0.05, 0) is 31.6 Å². The fourth-order valence-electron chi connectivity index (χ4n) is 2.01. The van der Waals surface area contributed by atoms with Crippen molar-refractivity contribution in [2.45, 2.75) is 50.4 Å². The van der Waals surface area contributed by atoms with Crippen LogP contribution in [0.2, 0.25) is 0 Å². The van der Waals surface area contributed by atoms with E-state index in [9.17, 15) is 5.11 Å². The number of aliphatic hydroxyl groups excluding tert-OH is 2. The first-order valence-electron chi connectivity index (χ1n) is 5.66. The SMILES string of the molecule is CCC1CCC(SCC(O)CO)CC1. The second-order valence-corrected chi connectivity index (χ2v) is 5.55. The van der Waals surface area contributed by atoms with E-state index in [1.165, 1.54) is 32.1 Å². The summed E-state index contributed by atoms with van der Waals surface area (Å²) in [7, 11) is 0. The van der Waals surface area contributed by atoms with Crippen molar-refractivity contribution in [3.63, 3.8) is 0 Å². The zero-order valence-corrected chi connectivity index (χ0v) is 9.80. The Morgan fingerprint density at radius 3 is 2.43 bits per heavy atom. The Balaban J connectivity index is 2.10. The third kappa shape index (κ3) is 4.20. The molecule has 0 saturated heterocycles. The summed E-state index contributed by atoms with van der Waals surface area (Å²) in [6, 6.07) is 0. The Morgan fingerprint density at radius 2 is 1.93 bits per heavy atom. The molecule has 0 aromatic carbocycles. The summed E-state index contributed by atoms with van der Waals surface area (Å²) in [5.41, 5.74) is 0. The predicted octanol–water partition coefficient (Wildman–Crippen LogP) is 2.04. The van der Waals surface area contributed by atoms with Crippen molar-refractivity contribution in [3.05, 3.63) is 0 Å². The standard InChI is InChI=1S/C11H22O2S/c1-2-9-3-5-11(6-4-9)14-8-10(13)7-12/h9-13H,2-8H2,1H3. The maximum absolute atomic E-state index is 9.22. The lowest BCUT2D eigenvalue weighted by atomic mass is 9.87. The molecule has 0 radical (unpaired) electrons. The van der Waals surface area contributed by atoms with Crippen molar-refractivity contribution >= 4 is 11.8 Å². The molecule has 0 heterocycles. The predicted molar refractivity (Wildman–Crippen MR) is 61.6 cm³/mol. The fraction of sp³-hybridized carbons (Fsp3) is 1.00. The summed E-state index contributed by atoms with van der Waals surface area (Å²) < 4.78 is 0. The minimum absolute atomic E-state index is 0.0999. The molecule has 84 valence electrons. The molecule has 0 amide bonds. The van der Waals surface area contributed by atoms with E-state index in [-0.39, 0.29) is 6.61 Å². The highest BCUT2D eigenvalue weighted by atomic mass is 32.2. The van der Waals surface area contributed by atoms with Crippen LogP contribution in [0.3, 0.4) is 0 Å². The van der Waals surface area contributed by atoms with Gasteiger partial charge in [0.15, 0.2) is 0 Å². The van der Waals surface area contributed by atoms with Gasteiger partial charge < -0.3 is 10.2 Å². The molecular weight excluding hydrogens is 196 g/mol. The van der Waals surface area contributed by atoms with Crippen molar-refractivity contribution in [1.82, 2.24) is 0 Å². The summed E-state index contributed by atoms with van der Waals surface area (Å²) in [6.07, 6.45) is 6.08. The molecule has 1 saturated carbocycles. The van der Waals surface area contributed by atoms with Crippen molar-refractivity contribution in [1.29, 1.82) is 0 Å². The van der Waals surface area contributed by atoms with Crippen molar-refractivity contribution in [3.8, 4) is 0 Å². The molecule has 2 N–H and O–H groups in total. The first-order valence-corrected chi connectivity index (χ1v) is 6.71. The molecule has 0 spiro atoms. The van der Waals surface area contributed by atoms with Gasteiger partial charge in [-0.2, -0.15) is 11.8 Å². The number of aliphatic hydroxyl groups is 2. The zero-order valence-electron chi connectivity index (χ0n) is 8.98. The van der Waals surface area contributed by atoms with E-state index < -0.39 is 6.10 Å². The highest BCUT2D eigenvalue weighted by Gasteiger charge is 2.20. The van der Waals surface area contributed by atoms with Gasteiger partial charge in [-0.1, -0.05) is 13.3 Å². The minimum atomic E-state index is -0.524. The van der Waals surface area contributed by atoms with Crippen LogP contribution in [0.15, 0.2) is 0 Å². The van der Waals surface area contributed by atoms with E-state index in [2.05, 4.69) is 6.92 Å². The van der Waals surface area contributed by atoms with Crippen LogP contribution in [0, 0.1) is 5.92 Å². The van der Waals surface area contributed by atoms with Gasteiger partial charge in [0.1, 0.15) is 0 Å². The van der Waals surface area contributed by atoms with Gasteiger partial charge in [-0.3, -0.25) is 0 Å². The Bertz CT molecular complexity index is 144. The van der Waals surface area contributed by atoms with Gasteiger partial charge in [0.05, 0.1) is 12.7 Å². The second kappa shape index (κ2) is 6.70. The van der Waals surface area contributed by atoms with E-state index >= 15 is 0 Å². The Hall–Kier alpha value is 0.270. The molecule has 1 aliphatic rings. The van der Waals surface area contributed by atoms with Crippen LogP contribution in [-0.4, -0.2) is 33.9 Å². The van der Waals surface area contributed by atoms with E-state index in [0.717, 1.165) is 11.2 Å². The van der Waals surface area contributed by atoms with Crippen LogP contribution < -0.4 is 0 Å². The van der Waals surface area contributed by atoms with Gasteiger partial charge in [0.2, 0.25) is 0 Å². The van der Waals surface area contributed by atoms with E-state index in [1.54, 1.807) is 0 Å². The second-order valence-electron chi connectivity index (χ2n) is 4.22. The highest BCUT2D eigenvalue weighted by Crippen LogP contribution is 2.33. The molecule has 1 unspecified atom stereocenters. The summed E-state index contributed by atoms with van der Waals surface area (Å²) in [4.78, 5) is 0. The zero-order chi connectivity index (χ0) is 10.4. The number of rotatable bonds is 5. The number of thioether (sulfide) groups is 1. The Labute approximate surface area is 91.1 Å². The van der Waals surface area contributed by atoms with Gasteiger partial charge in [-0.25, -0.2) is 0 Å². The average Bonchev–Trinajstić information content (AvgIpc) is 2.26. The summed E-state index contributed by atoms with van der Waals surface area (Å²) in [6.45, 7) is 2.17. The van der Waals surface area contributed by atoms with E-state index in [4.69, 9.17) is 5.11 Å². The molecule has 1 atom stereocenters. The van der Waals surface area contributed by atoms with Gasteiger partial charge in [0, 0.05) is 11.0 Å². The molecule has 0 aromatic rings. The normalized spacial score (nSPS) is 30.2. The average molecular weight is 218 g/mol. The maximum atomic E-state index is 9.22. The lowest BCUT2D eigenvalue weighted by Crippen LogP contribution is -2.20. The van der Waals surface area contributed by atoms with Gasteiger partial charge >= 0.3 is 0 Å². The Kier molecular flexibility index (Phi) is 5.90. The maximum Gasteiger partial charge on any atom is 0.0861 e. The Morgan fingerprint density at radius 1 is 1.29 bits per heavy atom. The largest absolute Gasteiger partial charge is 0.394 e. The van der Waals surface area contributed by atoms with E-state index in [1.807, 2.05) is 11.8 Å². The molecule has 1 aliphatic carbocycles. The van der Waals surface area contributed by atoms with Gasteiger partial charge in [0.25, 0.3) is 0 Å². The third-order valence-electron chi connectivity index (χ3n) is 3.11. The summed E-state index contributed by atoms with van der Waals surface area (Å²) >= 11 is 1.83. The van der Waals surface area contributed by atoms with Crippen molar-refractivity contribution < 1.29 is 10.2 Å². The van der Waals surface area contributed by atoms with Crippen LogP contribution in [-0.2, 0) is 0 Å². The van der Waals surface area contributed by atoms with E-state index in [0.29, 0.717) is 5.75 Å². The highest BCUT2D eigenvalue weighted by molar-refractivity contribution is 7.99.